The Bertz CT molecular complexity index is 1520. The van der Waals surface area contributed by atoms with Crippen molar-refractivity contribution in [2.45, 2.75) is 45.3 Å². The number of carbonyl (C=O) groups excluding carboxylic acids is 2. The number of hydrogen-bond donors (Lipinski definition) is 1. The molecule has 0 saturated carbocycles. The minimum Gasteiger partial charge on any atom is -0.494 e. The molecule has 0 aliphatic carbocycles. The summed E-state index contributed by atoms with van der Waals surface area (Å²) in [7, 11) is 0. The van der Waals surface area contributed by atoms with Gasteiger partial charge in [-0.05, 0) is 92.8 Å². The number of amides is 2. The van der Waals surface area contributed by atoms with Crippen molar-refractivity contribution in [3.05, 3.63) is 94.8 Å². The van der Waals surface area contributed by atoms with E-state index in [1.165, 1.54) is 17.3 Å². The molecule has 0 saturated heterocycles. The van der Waals surface area contributed by atoms with Crippen LogP contribution in [0.25, 0.3) is 5.69 Å². The van der Waals surface area contributed by atoms with Crippen LogP contribution in [-0.4, -0.2) is 45.5 Å². The van der Waals surface area contributed by atoms with Gasteiger partial charge in [-0.2, -0.15) is 0 Å². The number of ether oxygens (including phenoxy) is 1. The molecule has 2 heterocycles. The Kier molecular flexibility index (Phi) is 8.50. The van der Waals surface area contributed by atoms with E-state index in [1.54, 1.807) is 0 Å². The van der Waals surface area contributed by atoms with Crippen LogP contribution in [0.2, 0.25) is 0 Å². The maximum Gasteiger partial charge on any atom is 0.251 e. The summed E-state index contributed by atoms with van der Waals surface area (Å²) in [5.74, 6) is 1.40. The summed E-state index contributed by atoms with van der Waals surface area (Å²) in [6.45, 7) is 7.41. The van der Waals surface area contributed by atoms with E-state index in [2.05, 4.69) is 21.6 Å². The first-order chi connectivity index (χ1) is 19.4. The lowest BCUT2D eigenvalue weighted by Crippen LogP contribution is -2.36. The maximum atomic E-state index is 13.3. The van der Waals surface area contributed by atoms with Gasteiger partial charge in [0.05, 0.1) is 18.9 Å². The first-order valence-electron chi connectivity index (χ1n) is 13.5. The third-order valence-corrected chi connectivity index (χ3v) is 7.93. The molecule has 3 aromatic carbocycles. The summed E-state index contributed by atoms with van der Waals surface area (Å²) in [5.41, 5.74) is 5.80. The van der Waals surface area contributed by atoms with Crippen LogP contribution in [0.1, 0.15) is 46.2 Å². The van der Waals surface area contributed by atoms with E-state index >= 15 is 0 Å². The third-order valence-electron chi connectivity index (χ3n) is 7.02. The fourth-order valence-corrected chi connectivity index (χ4v) is 5.61. The van der Waals surface area contributed by atoms with Crippen molar-refractivity contribution in [1.29, 1.82) is 0 Å². The molecule has 0 fully saturated rings. The van der Waals surface area contributed by atoms with Crippen LogP contribution < -0.4 is 15.0 Å². The van der Waals surface area contributed by atoms with Crippen LogP contribution in [0.4, 0.5) is 5.69 Å². The number of hydrogen-bond acceptors (Lipinski definition) is 6. The third kappa shape index (κ3) is 6.04. The van der Waals surface area contributed by atoms with Crippen LogP contribution in [0, 0.1) is 13.8 Å². The second kappa shape index (κ2) is 12.4. The van der Waals surface area contributed by atoms with Crippen LogP contribution in [0.3, 0.4) is 0 Å². The molecule has 0 atom stereocenters. The second-order valence-corrected chi connectivity index (χ2v) is 10.7. The van der Waals surface area contributed by atoms with Gasteiger partial charge in [0.2, 0.25) is 5.91 Å². The number of nitrogens with one attached hydrogen (secondary N) is 1. The van der Waals surface area contributed by atoms with Gasteiger partial charge in [0.25, 0.3) is 5.91 Å². The topological polar surface area (TPSA) is 89.3 Å². The number of rotatable bonds is 9. The molecule has 40 heavy (non-hydrogen) atoms. The molecule has 0 unspecified atom stereocenters. The van der Waals surface area contributed by atoms with Crippen molar-refractivity contribution in [1.82, 2.24) is 20.1 Å². The number of benzene rings is 3. The molecular formula is C31H33N5O3S. The van der Waals surface area contributed by atoms with Crippen LogP contribution in [0.5, 0.6) is 5.75 Å². The predicted molar refractivity (Wildman–Crippen MR) is 157 cm³/mol. The lowest BCUT2D eigenvalue weighted by Gasteiger charge is -2.29. The summed E-state index contributed by atoms with van der Waals surface area (Å²) in [6.07, 6.45) is 1.93. The number of aryl methyl sites for hydroxylation is 3. The average molecular weight is 556 g/mol. The zero-order valence-electron chi connectivity index (χ0n) is 23.0. The molecule has 2 amide bonds. The minimum atomic E-state index is -0.183. The van der Waals surface area contributed by atoms with E-state index in [9.17, 15) is 9.59 Å². The molecule has 5 rings (SSSR count). The molecule has 9 heteroatoms. The summed E-state index contributed by atoms with van der Waals surface area (Å²) >= 11 is 1.34. The summed E-state index contributed by atoms with van der Waals surface area (Å²) in [4.78, 5) is 28.1. The predicted octanol–water partition coefficient (Wildman–Crippen LogP) is 5.28. The van der Waals surface area contributed by atoms with Gasteiger partial charge >= 0.3 is 0 Å². The van der Waals surface area contributed by atoms with E-state index in [0.29, 0.717) is 29.7 Å². The molecule has 206 valence electrons. The molecule has 0 spiro atoms. The van der Waals surface area contributed by atoms with Gasteiger partial charge in [0.1, 0.15) is 5.75 Å². The van der Waals surface area contributed by atoms with Crippen molar-refractivity contribution in [2.75, 3.05) is 23.8 Å². The Morgan fingerprint density at radius 2 is 1.80 bits per heavy atom. The van der Waals surface area contributed by atoms with Crippen molar-refractivity contribution in [2.24, 2.45) is 0 Å². The molecule has 1 N–H and O–H groups in total. The van der Waals surface area contributed by atoms with Crippen LogP contribution >= 0.6 is 11.8 Å². The van der Waals surface area contributed by atoms with Gasteiger partial charge in [-0.25, -0.2) is 0 Å². The highest BCUT2D eigenvalue weighted by atomic mass is 32.2. The van der Waals surface area contributed by atoms with Crippen molar-refractivity contribution in [3.8, 4) is 11.4 Å². The number of anilines is 1. The monoisotopic (exact) mass is 555 g/mol. The first kappa shape index (κ1) is 27.5. The standard InChI is InChI=1S/C31H33N5O3S/c1-4-39-26-15-13-25(14-16-26)36-28(19-32-30(38)24-12-11-21(2)22(3)18-24)33-34-31(36)40-20-29(37)35-17-7-9-23-8-5-6-10-27(23)35/h5-6,8,10-16,18H,4,7,9,17,19-20H2,1-3H3,(H,32,38). The second-order valence-electron chi connectivity index (χ2n) is 9.71. The van der Waals surface area contributed by atoms with Crippen molar-refractivity contribution < 1.29 is 14.3 Å². The lowest BCUT2D eigenvalue weighted by molar-refractivity contribution is -0.116. The summed E-state index contributed by atoms with van der Waals surface area (Å²) < 4.78 is 7.49. The highest BCUT2D eigenvalue weighted by Gasteiger charge is 2.24. The van der Waals surface area contributed by atoms with Gasteiger partial charge in [0.15, 0.2) is 11.0 Å². The van der Waals surface area contributed by atoms with Gasteiger partial charge in [-0.1, -0.05) is 36.0 Å². The molecule has 1 aliphatic rings. The maximum absolute atomic E-state index is 13.3. The smallest absolute Gasteiger partial charge is 0.251 e. The number of para-hydroxylation sites is 1. The number of thioether (sulfide) groups is 1. The fourth-order valence-electron chi connectivity index (χ4n) is 4.77. The SMILES string of the molecule is CCOc1ccc(-n2c(CNC(=O)c3ccc(C)c(C)c3)nnc2SCC(=O)N2CCCc3ccccc32)cc1. The first-order valence-corrected chi connectivity index (χ1v) is 14.5. The molecular weight excluding hydrogens is 522 g/mol. The van der Waals surface area contributed by atoms with Crippen LogP contribution in [-0.2, 0) is 17.8 Å². The van der Waals surface area contributed by atoms with Gasteiger partial charge < -0.3 is 15.0 Å². The molecule has 1 aromatic heterocycles. The zero-order valence-corrected chi connectivity index (χ0v) is 23.8. The lowest BCUT2D eigenvalue weighted by atomic mass is 10.0. The van der Waals surface area contributed by atoms with E-state index < -0.39 is 0 Å². The van der Waals surface area contributed by atoms with E-state index in [0.717, 1.165) is 41.1 Å². The molecule has 1 aliphatic heterocycles. The van der Waals surface area contributed by atoms with Gasteiger partial charge in [-0.3, -0.25) is 14.2 Å². The Labute approximate surface area is 238 Å². The molecule has 8 nitrogen and oxygen atoms in total. The summed E-state index contributed by atoms with van der Waals surface area (Å²) in [6, 6.07) is 21.4. The quantitative estimate of drug-likeness (QED) is 0.283. The highest BCUT2D eigenvalue weighted by Crippen LogP contribution is 2.29. The largest absolute Gasteiger partial charge is 0.494 e. The number of fused-ring (bicyclic) bond motifs is 1. The van der Waals surface area contributed by atoms with Crippen LogP contribution in [0.15, 0.2) is 71.9 Å². The normalized spacial score (nSPS) is 12.6. The molecule has 4 aromatic rings. The highest BCUT2D eigenvalue weighted by molar-refractivity contribution is 7.99. The van der Waals surface area contributed by atoms with Gasteiger partial charge in [0, 0.05) is 23.5 Å². The Balaban J connectivity index is 1.36. The molecule has 0 radical (unpaired) electrons. The Morgan fingerprint density at radius 1 is 1.00 bits per heavy atom. The fraction of sp³-hybridized carbons (Fsp3) is 0.290. The van der Waals surface area contributed by atoms with E-state index in [4.69, 9.17) is 4.74 Å². The number of aromatic nitrogens is 3. The average Bonchev–Trinajstić information content (AvgIpc) is 3.39. The number of carbonyl (C=O) groups is 2. The number of nitrogens with zero attached hydrogens (tertiary/aromatic N) is 4. The minimum absolute atomic E-state index is 0.0305. The molecule has 0 bridgehead atoms. The zero-order chi connectivity index (χ0) is 28.1. The Hall–Kier alpha value is -4.11. The van der Waals surface area contributed by atoms with E-state index in [-0.39, 0.29) is 24.1 Å². The van der Waals surface area contributed by atoms with E-state index in [1.807, 2.05) is 90.9 Å². The van der Waals surface area contributed by atoms with Crippen molar-refractivity contribution in [3.63, 3.8) is 0 Å². The Morgan fingerprint density at radius 3 is 2.58 bits per heavy atom. The summed E-state index contributed by atoms with van der Waals surface area (Å²) in [5, 5.41) is 12.4. The van der Waals surface area contributed by atoms with Gasteiger partial charge in [-0.15, -0.1) is 10.2 Å². The van der Waals surface area contributed by atoms with Crippen molar-refractivity contribution >= 4 is 29.3 Å².